The van der Waals surface area contributed by atoms with Crippen LogP contribution in [0.4, 0.5) is 0 Å². The average Bonchev–Trinajstić information content (AvgIpc) is 2.49. The zero-order valence-corrected chi connectivity index (χ0v) is 13.3. The predicted octanol–water partition coefficient (Wildman–Crippen LogP) is 3.81. The van der Waals surface area contributed by atoms with Crippen molar-refractivity contribution in [3.8, 4) is 5.88 Å². The zero-order valence-electron chi connectivity index (χ0n) is 13.3. The third kappa shape index (κ3) is 4.81. The van der Waals surface area contributed by atoms with Gasteiger partial charge in [0.25, 0.3) is 0 Å². The molecular formula is C17H27N3O. The molecule has 4 nitrogen and oxygen atoms in total. The van der Waals surface area contributed by atoms with Crippen LogP contribution in [0.25, 0.3) is 0 Å². The summed E-state index contributed by atoms with van der Waals surface area (Å²) < 4.78 is 5.24. The Morgan fingerprint density at radius 3 is 2.90 bits per heavy atom. The van der Waals surface area contributed by atoms with E-state index in [1.54, 1.807) is 13.4 Å². The fraction of sp³-hybridized carbons (Fsp3) is 0.647. The smallest absolute Gasteiger partial charge is 0.216 e. The van der Waals surface area contributed by atoms with Gasteiger partial charge in [-0.3, -0.25) is 0 Å². The fourth-order valence-electron chi connectivity index (χ4n) is 2.82. The minimum absolute atomic E-state index is 0.194. The van der Waals surface area contributed by atoms with Crippen LogP contribution in [0.2, 0.25) is 0 Å². The molecule has 1 aliphatic rings. The van der Waals surface area contributed by atoms with Crippen LogP contribution < -0.4 is 10.1 Å². The first-order chi connectivity index (χ1) is 10.3. The molecule has 1 unspecified atom stereocenters. The Morgan fingerprint density at radius 1 is 1.24 bits per heavy atom. The summed E-state index contributed by atoms with van der Waals surface area (Å²) in [6, 6.07) is 2.15. The maximum Gasteiger partial charge on any atom is 0.216 e. The topological polar surface area (TPSA) is 47.0 Å². The first-order valence-corrected chi connectivity index (χ1v) is 8.13. The standard InChI is InChI=1S/C17H27N3O/c1-3-11-18-17(14-9-7-5-4-6-8-10-14)15-12-16(21-2)20-13-19-15/h9,12-13,17-18H,3-8,10-11H2,1-2H3/b14-9+. The van der Waals surface area contributed by atoms with Gasteiger partial charge in [0, 0.05) is 6.07 Å². The number of rotatable bonds is 6. The number of hydrogen-bond acceptors (Lipinski definition) is 4. The van der Waals surface area contributed by atoms with E-state index in [1.807, 2.05) is 6.07 Å². The Kier molecular flexibility index (Phi) is 6.67. The molecule has 4 heteroatoms. The van der Waals surface area contributed by atoms with Gasteiger partial charge in [0.05, 0.1) is 18.8 Å². The van der Waals surface area contributed by atoms with Gasteiger partial charge in [-0.1, -0.05) is 31.4 Å². The Morgan fingerprint density at radius 2 is 2.10 bits per heavy atom. The van der Waals surface area contributed by atoms with E-state index in [0.717, 1.165) is 25.1 Å². The lowest BCUT2D eigenvalue weighted by atomic mass is 9.93. The van der Waals surface area contributed by atoms with Gasteiger partial charge in [-0.15, -0.1) is 0 Å². The molecule has 1 aromatic heterocycles. The molecule has 0 fully saturated rings. The summed E-state index contributed by atoms with van der Waals surface area (Å²) in [4.78, 5) is 8.59. The third-order valence-corrected chi connectivity index (χ3v) is 3.96. The van der Waals surface area contributed by atoms with E-state index in [1.165, 1.54) is 37.7 Å². The molecule has 0 saturated carbocycles. The van der Waals surface area contributed by atoms with Gasteiger partial charge in [-0.05, 0) is 38.6 Å². The number of ether oxygens (including phenoxy) is 1. The van der Waals surface area contributed by atoms with Crippen molar-refractivity contribution in [1.29, 1.82) is 0 Å². The number of hydrogen-bond donors (Lipinski definition) is 1. The van der Waals surface area contributed by atoms with Gasteiger partial charge in [-0.2, -0.15) is 0 Å². The van der Waals surface area contributed by atoms with E-state index in [0.29, 0.717) is 5.88 Å². The number of allylic oxidation sites excluding steroid dienone is 1. The molecule has 0 aliphatic heterocycles. The van der Waals surface area contributed by atoms with E-state index < -0.39 is 0 Å². The Bertz CT molecular complexity index is 459. The molecule has 21 heavy (non-hydrogen) atoms. The van der Waals surface area contributed by atoms with Crippen molar-refractivity contribution < 1.29 is 4.74 Å². The van der Waals surface area contributed by atoms with Gasteiger partial charge in [0.1, 0.15) is 6.33 Å². The minimum Gasteiger partial charge on any atom is -0.481 e. The SMILES string of the molecule is CCCNC(/C1=C/CCCCCC1)c1cc(OC)ncn1. The van der Waals surface area contributed by atoms with Crippen LogP contribution in [0.5, 0.6) is 5.88 Å². The second-order valence-electron chi connectivity index (χ2n) is 5.60. The lowest BCUT2D eigenvalue weighted by Gasteiger charge is -2.23. The molecule has 1 heterocycles. The third-order valence-electron chi connectivity index (χ3n) is 3.96. The lowest BCUT2D eigenvalue weighted by molar-refractivity contribution is 0.394. The van der Waals surface area contributed by atoms with Gasteiger partial charge in [0.15, 0.2) is 0 Å². The highest BCUT2D eigenvalue weighted by atomic mass is 16.5. The molecule has 116 valence electrons. The maximum atomic E-state index is 5.24. The van der Waals surface area contributed by atoms with Crippen LogP contribution >= 0.6 is 0 Å². The maximum absolute atomic E-state index is 5.24. The Hall–Kier alpha value is -1.42. The molecule has 0 aromatic carbocycles. The molecule has 1 N–H and O–H groups in total. The quantitative estimate of drug-likeness (QED) is 0.809. The molecule has 1 aliphatic carbocycles. The van der Waals surface area contributed by atoms with Crippen molar-refractivity contribution in [3.63, 3.8) is 0 Å². The first-order valence-electron chi connectivity index (χ1n) is 8.13. The monoisotopic (exact) mass is 289 g/mol. The zero-order chi connectivity index (χ0) is 14.9. The Balaban J connectivity index is 2.22. The van der Waals surface area contributed by atoms with E-state index in [2.05, 4.69) is 28.3 Å². The minimum atomic E-state index is 0.194. The van der Waals surface area contributed by atoms with Crippen molar-refractivity contribution in [2.75, 3.05) is 13.7 Å². The van der Waals surface area contributed by atoms with Gasteiger partial charge in [-0.25, -0.2) is 9.97 Å². The highest BCUT2D eigenvalue weighted by Crippen LogP contribution is 2.28. The number of nitrogens with zero attached hydrogens (tertiary/aromatic N) is 2. The van der Waals surface area contributed by atoms with Gasteiger partial charge in [0.2, 0.25) is 5.88 Å². The summed E-state index contributed by atoms with van der Waals surface area (Å²) in [5.41, 5.74) is 2.49. The largest absolute Gasteiger partial charge is 0.481 e. The molecule has 1 aromatic rings. The first kappa shape index (κ1) is 16.0. The molecule has 0 amide bonds. The van der Waals surface area contributed by atoms with Crippen molar-refractivity contribution >= 4 is 0 Å². The van der Waals surface area contributed by atoms with Gasteiger partial charge < -0.3 is 10.1 Å². The van der Waals surface area contributed by atoms with E-state index in [-0.39, 0.29) is 6.04 Å². The van der Waals surface area contributed by atoms with Crippen LogP contribution in [0.3, 0.4) is 0 Å². The molecular weight excluding hydrogens is 262 g/mol. The lowest BCUT2D eigenvalue weighted by Crippen LogP contribution is -2.25. The summed E-state index contributed by atoms with van der Waals surface area (Å²) in [7, 11) is 1.65. The Labute approximate surface area is 128 Å². The number of aromatic nitrogens is 2. The van der Waals surface area contributed by atoms with Crippen LogP contribution in [-0.4, -0.2) is 23.6 Å². The second-order valence-corrected chi connectivity index (χ2v) is 5.60. The van der Waals surface area contributed by atoms with Crippen LogP contribution in [0.15, 0.2) is 24.0 Å². The predicted molar refractivity (Wildman–Crippen MR) is 85.4 cm³/mol. The normalized spacial score (nSPS) is 20.0. The van der Waals surface area contributed by atoms with Crippen molar-refractivity contribution in [3.05, 3.63) is 29.7 Å². The summed E-state index contributed by atoms with van der Waals surface area (Å²) >= 11 is 0. The van der Waals surface area contributed by atoms with Crippen molar-refractivity contribution in [2.45, 2.75) is 57.9 Å². The summed E-state index contributed by atoms with van der Waals surface area (Å²) in [6.07, 6.45) is 12.7. The molecule has 0 bridgehead atoms. The fourth-order valence-corrected chi connectivity index (χ4v) is 2.82. The molecule has 0 radical (unpaired) electrons. The highest BCUT2D eigenvalue weighted by molar-refractivity contribution is 5.26. The summed E-state index contributed by atoms with van der Waals surface area (Å²) in [5, 5.41) is 3.64. The second kappa shape index (κ2) is 8.78. The van der Waals surface area contributed by atoms with Crippen molar-refractivity contribution in [2.24, 2.45) is 0 Å². The van der Waals surface area contributed by atoms with Gasteiger partial charge >= 0.3 is 0 Å². The molecule has 0 saturated heterocycles. The average molecular weight is 289 g/mol. The molecule has 1 atom stereocenters. The van der Waals surface area contributed by atoms with Crippen LogP contribution in [-0.2, 0) is 0 Å². The van der Waals surface area contributed by atoms with E-state index >= 15 is 0 Å². The molecule has 0 spiro atoms. The summed E-state index contributed by atoms with van der Waals surface area (Å²) in [5.74, 6) is 0.634. The van der Waals surface area contributed by atoms with Crippen LogP contribution in [0.1, 0.15) is 63.6 Å². The van der Waals surface area contributed by atoms with Crippen molar-refractivity contribution in [1.82, 2.24) is 15.3 Å². The van der Waals surface area contributed by atoms with E-state index in [9.17, 15) is 0 Å². The highest BCUT2D eigenvalue weighted by Gasteiger charge is 2.18. The number of methoxy groups -OCH3 is 1. The molecule has 2 rings (SSSR count). The van der Waals surface area contributed by atoms with Crippen LogP contribution in [0, 0.1) is 0 Å². The summed E-state index contributed by atoms with van der Waals surface area (Å²) in [6.45, 7) is 3.19. The van der Waals surface area contributed by atoms with E-state index in [4.69, 9.17) is 4.74 Å². The number of nitrogens with one attached hydrogen (secondary N) is 1.